The molecule has 2 aromatic carbocycles. The Bertz CT molecular complexity index is 673. The van der Waals surface area contributed by atoms with E-state index in [4.69, 9.17) is 19.8 Å². The van der Waals surface area contributed by atoms with Crippen molar-refractivity contribution in [3.05, 3.63) is 35.9 Å². The highest BCUT2D eigenvalue weighted by molar-refractivity contribution is 5.92. The zero-order chi connectivity index (χ0) is 13.8. The largest absolute Gasteiger partial charge is 0.493 e. The number of ether oxygens (including phenoxy) is 2. The minimum atomic E-state index is -1.07. The molecular formula is C14H11NO4. The number of benzene rings is 2. The van der Waals surface area contributed by atoms with Crippen LogP contribution in [0.25, 0.3) is 10.8 Å². The molecule has 0 unspecified atom stereocenters. The second-order valence-corrected chi connectivity index (χ2v) is 3.83. The highest BCUT2D eigenvalue weighted by atomic mass is 16.5. The molecule has 0 fully saturated rings. The van der Waals surface area contributed by atoms with E-state index >= 15 is 0 Å². The lowest BCUT2D eigenvalue weighted by Crippen LogP contribution is -2.10. The minimum absolute atomic E-state index is 0.333. The maximum absolute atomic E-state index is 10.6. The van der Waals surface area contributed by atoms with Gasteiger partial charge in [0.1, 0.15) is 0 Å². The van der Waals surface area contributed by atoms with Crippen LogP contribution in [0.5, 0.6) is 11.5 Å². The van der Waals surface area contributed by atoms with Crippen LogP contribution in [0, 0.1) is 11.3 Å². The van der Waals surface area contributed by atoms with Gasteiger partial charge in [-0.3, -0.25) is 0 Å². The molecule has 0 saturated heterocycles. The number of rotatable bonds is 4. The van der Waals surface area contributed by atoms with Crippen molar-refractivity contribution in [2.45, 2.75) is 0 Å². The second kappa shape index (κ2) is 5.27. The monoisotopic (exact) mass is 257 g/mol. The fraction of sp³-hybridized carbons (Fsp3) is 0.143. The van der Waals surface area contributed by atoms with Crippen molar-refractivity contribution in [3.8, 4) is 17.6 Å². The van der Waals surface area contributed by atoms with Crippen LogP contribution < -0.4 is 9.47 Å². The van der Waals surface area contributed by atoms with E-state index in [9.17, 15) is 4.79 Å². The molecule has 2 aromatic rings. The Morgan fingerprint density at radius 2 is 2.11 bits per heavy atom. The first-order chi connectivity index (χ1) is 9.15. The van der Waals surface area contributed by atoms with Crippen LogP contribution in [-0.2, 0) is 4.79 Å². The Balaban J connectivity index is 2.60. The molecule has 2 rings (SSSR count). The van der Waals surface area contributed by atoms with Gasteiger partial charge in [0.25, 0.3) is 0 Å². The van der Waals surface area contributed by atoms with E-state index in [0.29, 0.717) is 22.4 Å². The second-order valence-electron chi connectivity index (χ2n) is 3.83. The van der Waals surface area contributed by atoms with Crippen molar-refractivity contribution < 1.29 is 19.4 Å². The van der Waals surface area contributed by atoms with Gasteiger partial charge in [0, 0.05) is 5.39 Å². The summed E-state index contributed by atoms with van der Waals surface area (Å²) in [6, 6.07) is 10.7. The first kappa shape index (κ1) is 12.7. The van der Waals surface area contributed by atoms with Gasteiger partial charge < -0.3 is 14.6 Å². The average molecular weight is 257 g/mol. The smallest absolute Gasteiger partial charge is 0.341 e. The van der Waals surface area contributed by atoms with E-state index in [0.717, 1.165) is 5.39 Å². The van der Waals surface area contributed by atoms with Gasteiger partial charge in [0.05, 0.1) is 18.7 Å². The van der Waals surface area contributed by atoms with Gasteiger partial charge in [-0.2, -0.15) is 5.26 Å². The topological polar surface area (TPSA) is 79.5 Å². The van der Waals surface area contributed by atoms with Gasteiger partial charge >= 0.3 is 5.97 Å². The number of aliphatic carboxylic acids is 1. The molecule has 0 heterocycles. The third-order valence-electron chi connectivity index (χ3n) is 2.62. The Morgan fingerprint density at radius 3 is 2.74 bits per heavy atom. The summed E-state index contributed by atoms with van der Waals surface area (Å²) in [7, 11) is 1.48. The number of methoxy groups -OCH3 is 1. The molecule has 5 heteroatoms. The highest BCUT2D eigenvalue weighted by Gasteiger charge is 2.12. The predicted octanol–water partition coefficient (Wildman–Crippen LogP) is 2.18. The van der Waals surface area contributed by atoms with E-state index in [1.807, 2.05) is 12.1 Å². The minimum Gasteiger partial charge on any atom is -0.493 e. The van der Waals surface area contributed by atoms with E-state index < -0.39 is 12.6 Å². The SMILES string of the molecule is COc1ccc2ccc(C#N)cc2c1OCC(=O)O. The number of hydrogen-bond acceptors (Lipinski definition) is 4. The molecular weight excluding hydrogens is 246 g/mol. The van der Waals surface area contributed by atoms with Crippen LogP contribution >= 0.6 is 0 Å². The summed E-state index contributed by atoms with van der Waals surface area (Å²) in [6.07, 6.45) is 0. The quantitative estimate of drug-likeness (QED) is 0.908. The lowest BCUT2D eigenvalue weighted by molar-refractivity contribution is -0.139. The Kier molecular flexibility index (Phi) is 3.53. The molecule has 0 aromatic heterocycles. The molecule has 0 saturated carbocycles. The van der Waals surface area contributed by atoms with Crippen LogP contribution in [0.2, 0.25) is 0 Å². The van der Waals surface area contributed by atoms with Gasteiger partial charge in [-0.05, 0) is 23.6 Å². The van der Waals surface area contributed by atoms with Crippen molar-refractivity contribution in [1.82, 2.24) is 0 Å². The van der Waals surface area contributed by atoms with E-state index in [1.54, 1.807) is 24.3 Å². The summed E-state index contributed by atoms with van der Waals surface area (Å²) in [5.74, 6) is -0.307. The summed E-state index contributed by atoms with van der Waals surface area (Å²) < 4.78 is 10.4. The van der Waals surface area contributed by atoms with Gasteiger partial charge in [-0.1, -0.05) is 12.1 Å². The van der Waals surface area contributed by atoms with Crippen molar-refractivity contribution >= 4 is 16.7 Å². The third kappa shape index (κ3) is 2.58. The molecule has 0 radical (unpaired) electrons. The molecule has 0 spiro atoms. The van der Waals surface area contributed by atoms with Gasteiger partial charge in [-0.15, -0.1) is 0 Å². The number of carboxylic acids is 1. The van der Waals surface area contributed by atoms with Crippen LogP contribution in [0.4, 0.5) is 0 Å². The standard InChI is InChI=1S/C14H11NO4/c1-18-12-5-4-10-3-2-9(7-15)6-11(10)14(12)19-8-13(16)17/h2-6H,8H2,1H3,(H,16,17). The lowest BCUT2D eigenvalue weighted by Gasteiger charge is -2.12. The maximum Gasteiger partial charge on any atom is 0.341 e. The molecule has 0 aliphatic rings. The van der Waals surface area contributed by atoms with Crippen LogP contribution in [0.1, 0.15) is 5.56 Å². The number of carboxylic acid groups (broad SMARTS) is 1. The maximum atomic E-state index is 10.6. The highest BCUT2D eigenvalue weighted by Crippen LogP contribution is 2.36. The van der Waals surface area contributed by atoms with Crippen LogP contribution in [0.15, 0.2) is 30.3 Å². The predicted molar refractivity (Wildman–Crippen MR) is 68.3 cm³/mol. The molecule has 96 valence electrons. The van der Waals surface area contributed by atoms with Crippen molar-refractivity contribution in [1.29, 1.82) is 5.26 Å². The summed E-state index contributed by atoms with van der Waals surface area (Å²) in [6.45, 7) is -0.466. The molecule has 19 heavy (non-hydrogen) atoms. The lowest BCUT2D eigenvalue weighted by atomic mass is 10.1. The molecule has 1 N–H and O–H groups in total. The van der Waals surface area contributed by atoms with E-state index in [1.165, 1.54) is 7.11 Å². The molecule has 5 nitrogen and oxygen atoms in total. The van der Waals surface area contributed by atoms with Gasteiger partial charge in [0.15, 0.2) is 18.1 Å². The zero-order valence-corrected chi connectivity index (χ0v) is 10.2. The number of carbonyl (C=O) groups is 1. The first-order valence-corrected chi connectivity index (χ1v) is 5.51. The summed E-state index contributed by atoms with van der Waals surface area (Å²) in [5, 5.41) is 19.1. The van der Waals surface area contributed by atoms with Gasteiger partial charge in [-0.25, -0.2) is 4.79 Å². The van der Waals surface area contributed by atoms with Crippen molar-refractivity contribution in [2.75, 3.05) is 13.7 Å². The normalized spacial score (nSPS) is 9.89. The van der Waals surface area contributed by atoms with Crippen molar-refractivity contribution in [3.63, 3.8) is 0 Å². The van der Waals surface area contributed by atoms with Crippen molar-refractivity contribution in [2.24, 2.45) is 0 Å². The fourth-order valence-electron chi connectivity index (χ4n) is 1.79. The molecule has 0 amide bonds. The number of fused-ring (bicyclic) bond motifs is 1. The van der Waals surface area contributed by atoms with E-state index in [2.05, 4.69) is 0 Å². The van der Waals surface area contributed by atoms with E-state index in [-0.39, 0.29) is 0 Å². The summed E-state index contributed by atoms with van der Waals surface area (Å²) in [4.78, 5) is 10.6. The fourth-order valence-corrected chi connectivity index (χ4v) is 1.79. The Hall–Kier alpha value is -2.74. The van der Waals surface area contributed by atoms with Gasteiger partial charge in [0.2, 0.25) is 0 Å². The molecule has 0 atom stereocenters. The number of hydrogen-bond donors (Lipinski definition) is 1. The Morgan fingerprint density at radius 1 is 1.37 bits per heavy atom. The molecule has 0 bridgehead atoms. The molecule has 0 aliphatic heterocycles. The van der Waals surface area contributed by atoms with Crippen LogP contribution in [-0.4, -0.2) is 24.8 Å². The summed E-state index contributed by atoms with van der Waals surface area (Å²) >= 11 is 0. The number of nitriles is 1. The third-order valence-corrected chi connectivity index (χ3v) is 2.62. The molecule has 0 aliphatic carbocycles. The summed E-state index contributed by atoms with van der Waals surface area (Å²) in [5.41, 5.74) is 0.473. The average Bonchev–Trinajstić information content (AvgIpc) is 2.43. The zero-order valence-electron chi connectivity index (χ0n) is 10.2. The Labute approximate surface area is 109 Å². The number of nitrogens with zero attached hydrogens (tertiary/aromatic N) is 1. The van der Waals surface area contributed by atoms with Crippen LogP contribution in [0.3, 0.4) is 0 Å². The first-order valence-electron chi connectivity index (χ1n) is 5.51.